The standard InChI is InChI=1S/C13H10IN5O/c14-8-5-17-19(7-8)12-9-3-1-2-4-11(9)16-6-10(12)13(15)18-20/h1-7,20H,(H2,15,18). The van der Waals surface area contributed by atoms with Crippen molar-refractivity contribution in [3.8, 4) is 5.69 Å². The predicted molar refractivity (Wildman–Crippen MR) is 84.1 cm³/mol. The van der Waals surface area contributed by atoms with Crippen LogP contribution in [-0.4, -0.2) is 25.8 Å². The molecule has 6 nitrogen and oxygen atoms in total. The highest BCUT2D eigenvalue weighted by Crippen LogP contribution is 2.24. The van der Waals surface area contributed by atoms with E-state index in [1.807, 2.05) is 30.5 Å². The summed E-state index contributed by atoms with van der Waals surface area (Å²) < 4.78 is 2.70. The molecule has 2 heterocycles. The van der Waals surface area contributed by atoms with Crippen LogP contribution in [0.5, 0.6) is 0 Å². The number of pyridine rings is 1. The molecule has 0 bridgehead atoms. The lowest BCUT2D eigenvalue weighted by Crippen LogP contribution is -2.17. The molecule has 0 amide bonds. The highest BCUT2D eigenvalue weighted by atomic mass is 127. The Morgan fingerprint density at radius 3 is 2.80 bits per heavy atom. The Balaban J connectivity index is 2.40. The monoisotopic (exact) mass is 379 g/mol. The van der Waals surface area contributed by atoms with Gasteiger partial charge in [0.2, 0.25) is 0 Å². The quantitative estimate of drug-likeness (QED) is 0.235. The molecule has 3 N–H and O–H groups in total. The predicted octanol–water partition coefficient (Wildman–Crippen LogP) is 2.12. The maximum absolute atomic E-state index is 8.94. The van der Waals surface area contributed by atoms with Crippen molar-refractivity contribution in [2.24, 2.45) is 10.9 Å². The molecule has 0 aliphatic rings. The summed E-state index contributed by atoms with van der Waals surface area (Å²) in [5.41, 5.74) is 7.85. The lowest BCUT2D eigenvalue weighted by atomic mass is 10.1. The first-order chi connectivity index (χ1) is 9.70. The van der Waals surface area contributed by atoms with Gasteiger partial charge in [0.15, 0.2) is 5.84 Å². The van der Waals surface area contributed by atoms with E-state index in [1.165, 1.54) is 0 Å². The molecule has 20 heavy (non-hydrogen) atoms. The van der Waals surface area contributed by atoms with Crippen molar-refractivity contribution >= 4 is 39.3 Å². The van der Waals surface area contributed by atoms with Crippen molar-refractivity contribution in [3.63, 3.8) is 0 Å². The molecule has 0 saturated heterocycles. The van der Waals surface area contributed by atoms with Crippen LogP contribution >= 0.6 is 22.6 Å². The molecule has 0 spiro atoms. The molecule has 0 aliphatic heterocycles. The molecule has 1 aromatic carbocycles. The van der Waals surface area contributed by atoms with Crippen LogP contribution in [0.15, 0.2) is 48.0 Å². The highest BCUT2D eigenvalue weighted by Gasteiger charge is 2.14. The third-order valence-corrected chi connectivity index (χ3v) is 3.47. The highest BCUT2D eigenvalue weighted by molar-refractivity contribution is 14.1. The number of nitrogens with zero attached hydrogens (tertiary/aromatic N) is 4. The third kappa shape index (κ3) is 2.09. The summed E-state index contributed by atoms with van der Waals surface area (Å²) >= 11 is 2.18. The van der Waals surface area contributed by atoms with Gasteiger partial charge >= 0.3 is 0 Å². The minimum atomic E-state index is 0.00348. The first-order valence-corrected chi connectivity index (χ1v) is 6.85. The molecule has 7 heteroatoms. The van der Waals surface area contributed by atoms with Crippen LogP contribution in [-0.2, 0) is 0 Å². The summed E-state index contributed by atoms with van der Waals surface area (Å²) in [5, 5.41) is 17.2. The molecule has 0 fully saturated rings. The van der Waals surface area contributed by atoms with Crippen molar-refractivity contribution < 1.29 is 5.21 Å². The normalized spacial score (nSPS) is 11.9. The van der Waals surface area contributed by atoms with E-state index >= 15 is 0 Å². The first kappa shape index (κ1) is 12.9. The average Bonchev–Trinajstić information content (AvgIpc) is 2.91. The molecular formula is C13H10IN5O. The second kappa shape index (κ2) is 5.08. The molecule has 0 radical (unpaired) electrons. The Hall–Kier alpha value is -2.16. The van der Waals surface area contributed by atoms with E-state index < -0.39 is 0 Å². The fraction of sp³-hybridized carbons (Fsp3) is 0. The van der Waals surface area contributed by atoms with Crippen molar-refractivity contribution in [3.05, 3.63) is 52.0 Å². The van der Waals surface area contributed by atoms with Gasteiger partial charge in [0.25, 0.3) is 0 Å². The molecular weight excluding hydrogens is 369 g/mol. The maximum Gasteiger partial charge on any atom is 0.173 e. The maximum atomic E-state index is 8.94. The minimum Gasteiger partial charge on any atom is -0.409 e. The van der Waals surface area contributed by atoms with Crippen molar-refractivity contribution in [2.45, 2.75) is 0 Å². The van der Waals surface area contributed by atoms with Crippen LogP contribution in [0.25, 0.3) is 16.6 Å². The van der Waals surface area contributed by atoms with Gasteiger partial charge in [-0.3, -0.25) is 4.98 Å². The Bertz CT molecular complexity index is 811. The van der Waals surface area contributed by atoms with Crippen LogP contribution in [0.4, 0.5) is 0 Å². The zero-order valence-corrected chi connectivity index (χ0v) is 12.4. The van der Waals surface area contributed by atoms with Crippen LogP contribution < -0.4 is 5.73 Å². The van der Waals surface area contributed by atoms with E-state index in [9.17, 15) is 0 Å². The number of amidine groups is 1. The second-order valence-electron chi connectivity index (χ2n) is 4.13. The smallest absolute Gasteiger partial charge is 0.173 e. The Morgan fingerprint density at radius 2 is 2.10 bits per heavy atom. The Kier molecular flexibility index (Phi) is 3.26. The number of rotatable bonds is 2. The zero-order valence-electron chi connectivity index (χ0n) is 10.2. The van der Waals surface area contributed by atoms with Crippen LogP contribution in [0.3, 0.4) is 0 Å². The van der Waals surface area contributed by atoms with Gasteiger partial charge in [-0.15, -0.1) is 0 Å². The van der Waals surface area contributed by atoms with Crippen LogP contribution in [0.2, 0.25) is 0 Å². The Labute approximate surface area is 128 Å². The average molecular weight is 379 g/mol. The van der Waals surface area contributed by atoms with E-state index in [0.717, 1.165) is 20.2 Å². The Morgan fingerprint density at radius 1 is 1.30 bits per heavy atom. The van der Waals surface area contributed by atoms with Crippen molar-refractivity contribution in [1.82, 2.24) is 14.8 Å². The van der Waals surface area contributed by atoms with E-state index in [-0.39, 0.29) is 5.84 Å². The molecule has 0 saturated carbocycles. The SMILES string of the molecule is NC(=NO)c1cnc2ccccc2c1-n1cc(I)cn1. The third-order valence-electron chi connectivity index (χ3n) is 2.91. The number of benzene rings is 1. The largest absolute Gasteiger partial charge is 0.409 e. The summed E-state index contributed by atoms with van der Waals surface area (Å²) in [6, 6.07) is 7.66. The van der Waals surface area contributed by atoms with E-state index in [0.29, 0.717) is 5.56 Å². The summed E-state index contributed by atoms with van der Waals surface area (Å²) in [7, 11) is 0. The molecule has 0 aliphatic carbocycles. The fourth-order valence-corrected chi connectivity index (χ4v) is 2.43. The second-order valence-corrected chi connectivity index (χ2v) is 5.37. The van der Waals surface area contributed by atoms with E-state index in [1.54, 1.807) is 17.1 Å². The number of oxime groups is 1. The molecule has 3 aromatic rings. The summed E-state index contributed by atoms with van der Waals surface area (Å²) in [4.78, 5) is 4.33. The van der Waals surface area contributed by atoms with Gasteiger partial charge in [-0.25, -0.2) is 4.68 Å². The van der Waals surface area contributed by atoms with Gasteiger partial charge in [-0.2, -0.15) is 5.10 Å². The first-order valence-electron chi connectivity index (χ1n) is 5.77. The van der Waals surface area contributed by atoms with Gasteiger partial charge < -0.3 is 10.9 Å². The summed E-state index contributed by atoms with van der Waals surface area (Å²) in [6.45, 7) is 0. The number of hydrogen-bond donors (Lipinski definition) is 2. The lowest BCUT2D eigenvalue weighted by molar-refractivity contribution is 0.318. The lowest BCUT2D eigenvalue weighted by Gasteiger charge is -2.11. The van der Waals surface area contributed by atoms with Gasteiger partial charge in [0, 0.05) is 17.8 Å². The van der Waals surface area contributed by atoms with Gasteiger partial charge in [-0.1, -0.05) is 23.4 Å². The van der Waals surface area contributed by atoms with Crippen molar-refractivity contribution in [2.75, 3.05) is 0 Å². The van der Waals surface area contributed by atoms with Gasteiger partial charge in [-0.05, 0) is 28.7 Å². The van der Waals surface area contributed by atoms with Crippen molar-refractivity contribution in [1.29, 1.82) is 0 Å². The molecule has 0 atom stereocenters. The van der Waals surface area contributed by atoms with E-state index in [4.69, 9.17) is 10.9 Å². The molecule has 3 rings (SSSR count). The number of hydrogen-bond acceptors (Lipinski definition) is 4. The zero-order chi connectivity index (χ0) is 14.1. The van der Waals surface area contributed by atoms with Crippen LogP contribution in [0.1, 0.15) is 5.56 Å². The van der Waals surface area contributed by atoms with E-state index in [2.05, 4.69) is 37.8 Å². The summed E-state index contributed by atoms with van der Waals surface area (Å²) in [5.74, 6) is 0.00348. The number of fused-ring (bicyclic) bond motifs is 1. The number of aromatic nitrogens is 3. The summed E-state index contributed by atoms with van der Waals surface area (Å²) in [6.07, 6.45) is 5.20. The number of para-hydroxylation sites is 1. The molecule has 0 unspecified atom stereocenters. The number of nitrogens with two attached hydrogens (primary N) is 1. The fourth-order valence-electron chi connectivity index (χ4n) is 2.04. The van der Waals surface area contributed by atoms with Crippen LogP contribution in [0, 0.1) is 3.57 Å². The molecule has 2 aromatic heterocycles. The molecule has 100 valence electrons. The van der Waals surface area contributed by atoms with Gasteiger partial charge in [0.1, 0.15) is 0 Å². The topological polar surface area (TPSA) is 89.3 Å². The minimum absolute atomic E-state index is 0.00348. The van der Waals surface area contributed by atoms with Gasteiger partial charge in [0.05, 0.1) is 26.5 Å². The number of halogens is 1.